The lowest BCUT2D eigenvalue weighted by atomic mass is 10.0. The Labute approximate surface area is 139 Å². The average molecular weight is 315 g/mol. The van der Waals surface area contributed by atoms with E-state index in [4.69, 9.17) is 10.00 Å². The Hall–Kier alpha value is -3.58. The highest BCUT2D eigenvalue weighted by Gasteiger charge is 2.09. The van der Waals surface area contributed by atoms with Gasteiger partial charge in [-0.05, 0) is 72.8 Å². The second-order valence-corrected chi connectivity index (χ2v) is 5.14. The molecule has 0 aliphatic rings. The molecule has 0 saturated heterocycles. The molecular weight excluding hydrogens is 302 g/mol. The lowest BCUT2D eigenvalue weighted by molar-refractivity contribution is 0.103. The van der Waals surface area contributed by atoms with Gasteiger partial charge in [0.25, 0.3) is 0 Å². The number of nitrogens with zero attached hydrogens (tertiary/aromatic N) is 1. The number of phenols is 1. The summed E-state index contributed by atoms with van der Waals surface area (Å²) in [4.78, 5) is 12.3. The van der Waals surface area contributed by atoms with Crippen molar-refractivity contribution in [3.63, 3.8) is 0 Å². The highest BCUT2D eigenvalue weighted by Crippen LogP contribution is 2.23. The number of aromatic hydroxyl groups is 1. The fraction of sp³-hybridized carbons (Fsp3) is 0. The van der Waals surface area contributed by atoms with Gasteiger partial charge in [0.15, 0.2) is 5.78 Å². The van der Waals surface area contributed by atoms with Crippen LogP contribution in [0.3, 0.4) is 0 Å². The van der Waals surface area contributed by atoms with E-state index in [1.165, 1.54) is 12.1 Å². The summed E-state index contributed by atoms with van der Waals surface area (Å²) in [6.45, 7) is 0. The van der Waals surface area contributed by atoms with Crippen LogP contribution in [0.1, 0.15) is 21.5 Å². The van der Waals surface area contributed by atoms with Crippen molar-refractivity contribution in [2.45, 2.75) is 0 Å². The number of ether oxygens (including phenoxy) is 1. The van der Waals surface area contributed by atoms with Gasteiger partial charge in [0.05, 0.1) is 11.6 Å². The fourth-order valence-electron chi connectivity index (χ4n) is 2.19. The van der Waals surface area contributed by atoms with Gasteiger partial charge < -0.3 is 9.84 Å². The third-order valence-electron chi connectivity index (χ3n) is 3.47. The van der Waals surface area contributed by atoms with E-state index in [-0.39, 0.29) is 11.5 Å². The third kappa shape index (κ3) is 3.42. The zero-order valence-electron chi connectivity index (χ0n) is 12.6. The van der Waals surface area contributed by atoms with Crippen LogP contribution in [0.25, 0.3) is 0 Å². The first kappa shape index (κ1) is 15.3. The molecule has 0 unspecified atom stereocenters. The maximum atomic E-state index is 12.3. The number of rotatable bonds is 4. The molecule has 24 heavy (non-hydrogen) atoms. The van der Waals surface area contributed by atoms with Crippen LogP contribution in [0.15, 0.2) is 72.8 Å². The molecule has 0 aromatic heterocycles. The minimum atomic E-state index is -0.125. The van der Waals surface area contributed by atoms with Gasteiger partial charge in [-0.3, -0.25) is 4.79 Å². The summed E-state index contributed by atoms with van der Waals surface area (Å²) >= 11 is 0. The number of ketones is 1. The van der Waals surface area contributed by atoms with E-state index in [0.29, 0.717) is 28.2 Å². The number of phenolic OH excluding ortho intramolecular Hbond substituents is 1. The van der Waals surface area contributed by atoms with Crippen LogP contribution in [0.4, 0.5) is 0 Å². The zero-order valence-corrected chi connectivity index (χ0v) is 12.6. The second-order valence-electron chi connectivity index (χ2n) is 5.14. The Bertz CT molecular complexity index is 890. The van der Waals surface area contributed by atoms with Gasteiger partial charge in [0.2, 0.25) is 0 Å². The SMILES string of the molecule is N#Cc1ccc(Oc2ccc(C(=O)c3ccc(O)cc3)cc2)cc1. The summed E-state index contributed by atoms with van der Waals surface area (Å²) in [7, 11) is 0. The van der Waals surface area contributed by atoms with E-state index in [0.717, 1.165) is 0 Å². The molecular formula is C20H13NO3. The number of hydrogen-bond donors (Lipinski definition) is 1. The first-order chi connectivity index (χ1) is 11.7. The second kappa shape index (κ2) is 6.67. The van der Waals surface area contributed by atoms with Crippen LogP contribution in [-0.2, 0) is 0 Å². The Morgan fingerprint density at radius 1 is 0.792 bits per heavy atom. The lowest BCUT2D eigenvalue weighted by Crippen LogP contribution is -2.00. The average Bonchev–Trinajstić information content (AvgIpc) is 2.63. The Morgan fingerprint density at radius 3 is 1.75 bits per heavy atom. The van der Waals surface area contributed by atoms with Gasteiger partial charge >= 0.3 is 0 Å². The highest BCUT2D eigenvalue weighted by atomic mass is 16.5. The van der Waals surface area contributed by atoms with Crippen LogP contribution in [0.2, 0.25) is 0 Å². The van der Waals surface area contributed by atoms with Crippen molar-refractivity contribution in [1.82, 2.24) is 0 Å². The summed E-state index contributed by atoms with van der Waals surface area (Å²) in [5.74, 6) is 1.21. The molecule has 0 aliphatic heterocycles. The van der Waals surface area contributed by atoms with E-state index >= 15 is 0 Å². The van der Waals surface area contributed by atoms with Gasteiger partial charge in [-0.15, -0.1) is 0 Å². The molecule has 0 bridgehead atoms. The van der Waals surface area contributed by atoms with Gasteiger partial charge in [0.1, 0.15) is 17.2 Å². The van der Waals surface area contributed by atoms with Crippen molar-refractivity contribution >= 4 is 5.78 Å². The number of carbonyl (C=O) groups is 1. The monoisotopic (exact) mass is 315 g/mol. The van der Waals surface area contributed by atoms with Crippen LogP contribution in [0.5, 0.6) is 17.2 Å². The molecule has 4 nitrogen and oxygen atoms in total. The Morgan fingerprint density at radius 2 is 1.25 bits per heavy atom. The molecule has 0 aliphatic carbocycles. The van der Waals surface area contributed by atoms with Crippen molar-refractivity contribution in [3.8, 4) is 23.3 Å². The van der Waals surface area contributed by atoms with Crippen molar-refractivity contribution in [3.05, 3.63) is 89.5 Å². The van der Waals surface area contributed by atoms with E-state index in [1.54, 1.807) is 60.7 Å². The normalized spacial score (nSPS) is 9.96. The topological polar surface area (TPSA) is 70.3 Å². The molecule has 4 heteroatoms. The molecule has 0 spiro atoms. The number of nitriles is 1. The molecule has 3 rings (SSSR count). The molecule has 0 saturated carbocycles. The quantitative estimate of drug-likeness (QED) is 0.729. The zero-order chi connectivity index (χ0) is 16.9. The first-order valence-electron chi connectivity index (χ1n) is 7.27. The predicted octanol–water partition coefficient (Wildman–Crippen LogP) is 4.29. The molecule has 3 aromatic rings. The van der Waals surface area contributed by atoms with Gasteiger partial charge in [0, 0.05) is 11.1 Å². The minimum Gasteiger partial charge on any atom is -0.508 e. The van der Waals surface area contributed by atoms with E-state index in [9.17, 15) is 9.90 Å². The highest BCUT2D eigenvalue weighted by molar-refractivity contribution is 6.09. The standard InChI is InChI=1S/C20H13NO3/c21-13-14-1-9-18(10-2-14)24-19-11-5-16(6-12-19)20(23)15-3-7-17(22)8-4-15/h1-12,22H. The maximum Gasteiger partial charge on any atom is 0.193 e. The summed E-state index contributed by atoms with van der Waals surface area (Å²) < 4.78 is 5.68. The van der Waals surface area contributed by atoms with Crippen molar-refractivity contribution in [2.24, 2.45) is 0 Å². The summed E-state index contributed by atoms with van der Waals surface area (Å²) in [6, 6.07) is 21.8. The molecule has 116 valence electrons. The van der Waals surface area contributed by atoms with Gasteiger partial charge in [-0.1, -0.05) is 0 Å². The summed E-state index contributed by atoms with van der Waals surface area (Å²) in [5, 5.41) is 18.0. The van der Waals surface area contributed by atoms with Crippen LogP contribution < -0.4 is 4.74 Å². The van der Waals surface area contributed by atoms with E-state index in [2.05, 4.69) is 0 Å². The van der Waals surface area contributed by atoms with Crippen LogP contribution in [0, 0.1) is 11.3 Å². The number of carbonyl (C=O) groups excluding carboxylic acids is 1. The smallest absolute Gasteiger partial charge is 0.193 e. The molecule has 1 N–H and O–H groups in total. The predicted molar refractivity (Wildman–Crippen MR) is 89.2 cm³/mol. The molecule has 0 heterocycles. The molecule has 0 amide bonds. The molecule has 0 radical (unpaired) electrons. The van der Waals surface area contributed by atoms with Gasteiger partial charge in [-0.2, -0.15) is 5.26 Å². The summed E-state index contributed by atoms with van der Waals surface area (Å²) in [5.41, 5.74) is 1.61. The molecule has 3 aromatic carbocycles. The Kier molecular flexibility index (Phi) is 4.26. The Balaban J connectivity index is 1.74. The lowest BCUT2D eigenvalue weighted by Gasteiger charge is -2.07. The summed E-state index contributed by atoms with van der Waals surface area (Å²) in [6.07, 6.45) is 0. The van der Waals surface area contributed by atoms with Crippen molar-refractivity contribution in [1.29, 1.82) is 5.26 Å². The van der Waals surface area contributed by atoms with Crippen molar-refractivity contribution < 1.29 is 14.6 Å². The maximum absolute atomic E-state index is 12.3. The largest absolute Gasteiger partial charge is 0.508 e. The fourth-order valence-corrected chi connectivity index (χ4v) is 2.19. The van der Waals surface area contributed by atoms with Crippen LogP contribution >= 0.6 is 0 Å². The molecule has 0 atom stereocenters. The third-order valence-corrected chi connectivity index (χ3v) is 3.47. The first-order valence-corrected chi connectivity index (χ1v) is 7.27. The van der Waals surface area contributed by atoms with E-state index in [1.807, 2.05) is 6.07 Å². The van der Waals surface area contributed by atoms with E-state index < -0.39 is 0 Å². The van der Waals surface area contributed by atoms with Gasteiger partial charge in [-0.25, -0.2) is 0 Å². The number of hydrogen-bond acceptors (Lipinski definition) is 4. The number of benzene rings is 3. The molecule has 0 fully saturated rings. The van der Waals surface area contributed by atoms with Crippen molar-refractivity contribution in [2.75, 3.05) is 0 Å². The minimum absolute atomic E-state index is 0.123. The van der Waals surface area contributed by atoms with Crippen LogP contribution in [-0.4, -0.2) is 10.9 Å².